The van der Waals surface area contributed by atoms with Gasteiger partial charge in [0.1, 0.15) is 5.82 Å². The molecule has 1 N–H and O–H groups in total. The summed E-state index contributed by atoms with van der Waals surface area (Å²) in [4.78, 5) is 44.4. The summed E-state index contributed by atoms with van der Waals surface area (Å²) in [6.07, 6.45) is 0.670. The Morgan fingerprint density at radius 3 is 2.57 bits per heavy atom. The highest BCUT2D eigenvalue weighted by atomic mass is 16.5. The van der Waals surface area contributed by atoms with Crippen LogP contribution in [0.5, 0.6) is 0 Å². The summed E-state index contributed by atoms with van der Waals surface area (Å²) in [5, 5.41) is 0.401. The molecule has 0 radical (unpaired) electrons. The zero-order chi connectivity index (χ0) is 21.5. The van der Waals surface area contributed by atoms with E-state index >= 15 is 0 Å². The maximum Gasteiger partial charge on any atom is 0.341 e. The lowest BCUT2D eigenvalue weighted by Crippen LogP contribution is -2.61. The third kappa shape index (κ3) is 2.98. The molecule has 7 nitrogen and oxygen atoms in total. The molecule has 0 bridgehead atoms. The van der Waals surface area contributed by atoms with E-state index in [0.717, 1.165) is 5.56 Å². The van der Waals surface area contributed by atoms with Crippen LogP contribution in [0.4, 0.5) is 0 Å². The summed E-state index contributed by atoms with van der Waals surface area (Å²) < 4.78 is 6.27. The molecule has 4 rings (SSSR count). The van der Waals surface area contributed by atoms with E-state index in [0.29, 0.717) is 28.7 Å². The summed E-state index contributed by atoms with van der Waals surface area (Å²) in [5.74, 6) is -0.827. The van der Waals surface area contributed by atoms with Crippen molar-refractivity contribution in [2.75, 3.05) is 12.5 Å². The monoisotopic (exact) mass is 405 g/mol. The van der Waals surface area contributed by atoms with E-state index in [1.165, 1.54) is 11.8 Å². The highest BCUT2D eigenvalue weighted by Crippen LogP contribution is 2.31. The molecule has 3 aromatic rings. The van der Waals surface area contributed by atoms with Crippen LogP contribution in [-0.4, -0.2) is 34.1 Å². The van der Waals surface area contributed by atoms with Crippen molar-refractivity contribution < 1.29 is 14.3 Å². The van der Waals surface area contributed by atoms with Crippen molar-refractivity contribution in [1.29, 1.82) is 0 Å². The molecule has 1 aliphatic carbocycles. The van der Waals surface area contributed by atoms with Crippen molar-refractivity contribution >= 4 is 22.7 Å². The second kappa shape index (κ2) is 7.40. The van der Waals surface area contributed by atoms with Crippen LogP contribution in [0.3, 0.4) is 0 Å². The molecule has 0 aliphatic heterocycles. The van der Waals surface area contributed by atoms with Gasteiger partial charge in [-0.15, -0.1) is 0 Å². The first-order chi connectivity index (χ1) is 14.4. The summed E-state index contributed by atoms with van der Waals surface area (Å²) in [6.45, 7) is 3.80. The quantitative estimate of drug-likeness (QED) is 0.530. The molecule has 0 fully saturated rings. The minimum absolute atomic E-state index is 0.129. The zero-order valence-corrected chi connectivity index (χ0v) is 17.1. The smallest absolute Gasteiger partial charge is 0.341 e. The summed E-state index contributed by atoms with van der Waals surface area (Å²) in [6, 6.07) is 14.2. The number of esters is 1. The molecule has 1 atom stereocenters. The number of aromatic nitrogens is 2. The molecule has 0 saturated heterocycles. The summed E-state index contributed by atoms with van der Waals surface area (Å²) in [5.41, 5.74) is 2.79. The van der Waals surface area contributed by atoms with E-state index < -0.39 is 17.3 Å². The number of carbonyl (C=O) groups is 2. The van der Waals surface area contributed by atoms with Crippen LogP contribution >= 0.6 is 0 Å². The maximum absolute atomic E-state index is 13.5. The second-order valence-electron chi connectivity index (χ2n) is 7.78. The molecule has 1 unspecified atom stereocenters. The number of nitrogens with one attached hydrogen (secondary N) is 1. The minimum atomic E-state index is -1.71. The largest absolute Gasteiger partial charge is 0.467 e. The van der Waals surface area contributed by atoms with Crippen molar-refractivity contribution in [3.8, 4) is 0 Å². The topological polar surface area (TPSA) is 90.3 Å². The molecule has 0 amide bonds. The SMILES string of the molecule is COC(=O)C1(Nn2c(C(C)C)nc3ccccc3c2=O)CCc2ccccc2C1=O. The molecule has 0 saturated carbocycles. The lowest BCUT2D eigenvalue weighted by atomic mass is 9.77. The third-order valence-electron chi connectivity index (χ3n) is 5.57. The average Bonchev–Trinajstić information content (AvgIpc) is 2.76. The number of aryl methyl sites for hydroxylation is 1. The fourth-order valence-electron chi connectivity index (χ4n) is 3.98. The van der Waals surface area contributed by atoms with Crippen molar-refractivity contribution in [3.63, 3.8) is 0 Å². The Morgan fingerprint density at radius 2 is 1.83 bits per heavy atom. The van der Waals surface area contributed by atoms with Crippen molar-refractivity contribution in [2.45, 2.75) is 38.1 Å². The van der Waals surface area contributed by atoms with Gasteiger partial charge in [-0.1, -0.05) is 50.2 Å². The number of rotatable bonds is 4. The van der Waals surface area contributed by atoms with E-state index in [-0.39, 0.29) is 17.9 Å². The molecule has 1 aliphatic rings. The number of hydrogen-bond acceptors (Lipinski definition) is 6. The van der Waals surface area contributed by atoms with Gasteiger partial charge >= 0.3 is 5.97 Å². The standard InChI is InChI=1S/C23H23N3O4/c1-14(2)20-24-18-11-7-6-10-17(18)21(28)26(20)25-23(22(29)30-3)13-12-15-8-4-5-9-16(15)19(23)27/h4-11,14,25H,12-13H2,1-3H3. The first-order valence-corrected chi connectivity index (χ1v) is 9.90. The predicted molar refractivity (Wildman–Crippen MR) is 113 cm³/mol. The Hall–Kier alpha value is -3.48. The minimum Gasteiger partial charge on any atom is -0.467 e. The highest BCUT2D eigenvalue weighted by molar-refractivity contribution is 6.19. The van der Waals surface area contributed by atoms with Crippen LogP contribution in [0.1, 0.15) is 47.9 Å². The van der Waals surface area contributed by atoms with E-state index in [4.69, 9.17) is 4.74 Å². The van der Waals surface area contributed by atoms with Crippen LogP contribution in [0, 0.1) is 0 Å². The van der Waals surface area contributed by atoms with Crippen LogP contribution in [0.25, 0.3) is 10.9 Å². The van der Waals surface area contributed by atoms with Gasteiger partial charge in [-0.2, -0.15) is 0 Å². The molecule has 2 aromatic carbocycles. The van der Waals surface area contributed by atoms with Crippen molar-refractivity contribution in [3.05, 3.63) is 75.8 Å². The van der Waals surface area contributed by atoms with Gasteiger partial charge in [-0.05, 0) is 30.5 Å². The van der Waals surface area contributed by atoms with Gasteiger partial charge in [0.25, 0.3) is 5.56 Å². The lowest BCUT2D eigenvalue weighted by Gasteiger charge is -2.36. The number of carbonyl (C=O) groups excluding carboxylic acids is 2. The number of para-hydroxylation sites is 1. The number of Topliss-reactive ketones (excluding diaryl/α,β-unsaturated/α-hetero) is 1. The zero-order valence-electron chi connectivity index (χ0n) is 17.1. The fourth-order valence-corrected chi connectivity index (χ4v) is 3.98. The van der Waals surface area contributed by atoms with E-state index in [2.05, 4.69) is 10.4 Å². The number of nitrogens with zero attached hydrogens (tertiary/aromatic N) is 2. The van der Waals surface area contributed by atoms with Crippen LogP contribution in [0.2, 0.25) is 0 Å². The second-order valence-corrected chi connectivity index (χ2v) is 7.78. The van der Waals surface area contributed by atoms with Gasteiger partial charge in [0.15, 0.2) is 0 Å². The Bertz CT molecular complexity index is 1210. The van der Waals surface area contributed by atoms with Gasteiger partial charge < -0.3 is 4.74 Å². The lowest BCUT2D eigenvalue weighted by molar-refractivity contribution is -0.144. The first-order valence-electron chi connectivity index (χ1n) is 9.90. The molecule has 154 valence electrons. The number of methoxy groups -OCH3 is 1. The average molecular weight is 405 g/mol. The van der Waals surface area contributed by atoms with Crippen molar-refractivity contribution in [2.24, 2.45) is 0 Å². The maximum atomic E-state index is 13.5. The third-order valence-corrected chi connectivity index (χ3v) is 5.57. The van der Waals surface area contributed by atoms with Gasteiger partial charge in [0.05, 0.1) is 18.0 Å². The van der Waals surface area contributed by atoms with E-state index in [1.807, 2.05) is 32.0 Å². The van der Waals surface area contributed by atoms with E-state index in [1.54, 1.807) is 30.3 Å². The molecule has 1 heterocycles. The Morgan fingerprint density at radius 1 is 1.13 bits per heavy atom. The number of fused-ring (bicyclic) bond motifs is 2. The molecule has 7 heteroatoms. The number of ether oxygens (including phenoxy) is 1. The summed E-state index contributed by atoms with van der Waals surface area (Å²) in [7, 11) is 1.24. The number of benzene rings is 2. The van der Waals surface area contributed by atoms with Crippen LogP contribution in [-0.2, 0) is 16.0 Å². The van der Waals surface area contributed by atoms with Gasteiger partial charge in [0, 0.05) is 11.5 Å². The normalized spacial score (nSPS) is 18.3. The predicted octanol–water partition coefficient (Wildman–Crippen LogP) is 2.80. The van der Waals surface area contributed by atoms with Crippen LogP contribution < -0.4 is 11.0 Å². The molecule has 30 heavy (non-hydrogen) atoms. The van der Waals surface area contributed by atoms with Crippen molar-refractivity contribution in [1.82, 2.24) is 9.66 Å². The molecular formula is C23H23N3O4. The summed E-state index contributed by atoms with van der Waals surface area (Å²) >= 11 is 0. The fraction of sp³-hybridized carbons (Fsp3) is 0.304. The molecule has 1 aromatic heterocycles. The van der Waals surface area contributed by atoms with Gasteiger partial charge in [0.2, 0.25) is 11.3 Å². The molecule has 0 spiro atoms. The Balaban J connectivity index is 1.93. The number of hydrogen-bond donors (Lipinski definition) is 1. The Labute approximate surface area is 173 Å². The Kier molecular flexibility index (Phi) is 4.89. The van der Waals surface area contributed by atoms with Gasteiger partial charge in [-0.3, -0.25) is 15.0 Å². The first kappa shape index (κ1) is 19.8. The van der Waals surface area contributed by atoms with Gasteiger partial charge in [-0.25, -0.2) is 14.5 Å². The number of ketones is 1. The highest BCUT2D eigenvalue weighted by Gasteiger charge is 2.51. The van der Waals surface area contributed by atoms with E-state index in [9.17, 15) is 14.4 Å². The molecular weight excluding hydrogens is 382 g/mol. The van der Waals surface area contributed by atoms with Crippen LogP contribution in [0.15, 0.2) is 53.3 Å².